The van der Waals surface area contributed by atoms with Gasteiger partial charge in [-0.3, -0.25) is 0 Å². The van der Waals surface area contributed by atoms with E-state index < -0.39 is 0 Å². The zero-order valence-electron chi connectivity index (χ0n) is 8.50. The van der Waals surface area contributed by atoms with E-state index in [4.69, 9.17) is 0 Å². The lowest BCUT2D eigenvalue weighted by atomic mass is 9.86. The van der Waals surface area contributed by atoms with Crippen LogP contribution in [0.2, 0.25) is 0 Å². The van der Waals surface area contributed by atoms with Gasteiger partial charge >= 0.3 is 6.03 Å². The molecule has 4 heteroatoms. The number of aliphatic hydroxyl groups excluding tert-OH is 1. The smallest absolute Gasteiger partial charge is 0.317 e. The van der Waals surface area contributed by atoms with E-state index in [0.29, 0.717) is 13.1 Å². The van der Waals surface area contributed by atoms with Gasteiger partial charge in [-0.15, -0.1) is 0 Å². The summed E-state index contributed by atoms with van der Waals surface area (Å²) in [5, 5.41) is 12.0. The van der Waals surface area contributed by atoms with Gasteiger partial charge in [0.1, 0.15) is 0 Å². The molecule has 1 aliphatic heterocycles. The van der Waals surface area contributed by atoms with Gasteiger partial charge in [-0.1, -0.05) is 20.8 Å². The first kappa shape index (κ1) is 10.3. The van der Waals surface area contributed by atoms with Crippen LogP contribution >= 0.6 is 0 Å². The van der Waals surface area contributed by atoms with Gasteiger partial charge in [-0.2, -0.15) is 0 Å². The molecule has 0 spiro atoms. The van der Waals surface area contributed by atoms with Crippen LogP contribution in [0.25, 0.3) is 0 Å². The topological polar surface area (TPSA) is 52.6 Å². The van der Waals surface area contributed by atoms with E-state index in [9.17, 15) is 9.90 Å². The van der Waals surface area contributed by atoms with Crippen molar-refractivity contribution in [3.8, 4) is 0 Å². The summed E-state index contributed by atoms with van der Waals surface area (Å²) in [5.74, 6) is 0. The SMILES string of the molecule is CC(C)(C)C(CO)N1CCNC1=O. The predicted octanol–water partition coefficient (Wildman–Crippen LogP) is 0.419. The molecule has 1 unspecified atom stereocenters. The third kappa shape index (κ3) is 2.12. The van der Waals surface area contributed by atoms with Gasteiger partial charge in [0.25, 0.3) is 0 Å². The summed E-state index contributed by atoms with van der Waals surface area (Å²) < 4.78 is 0. The molecule has 13 heavy (non-hydrogen) atoms. The van der Waals surface area contributed by atoms with Crippen molar-refractivity contribution in [3.05, 3.63) is 0 Å². The van der Waals surface area contributed by atoms with E-state index in [1.54, 1.807) is 4.90 Å². The average Bonchev–Trinajstić information content (AvgIpc) is 2.35. The fraction of sp³-hybridized carbons (Fsp3) is 0.889. The predicted molar refractivity (Wildman–Crippen MR) is 50.4 cm³/mol. The van der Waals surface area contributed by atoms with Gasteiger partial charge in [-0.25, -0.2) is 4.79 Å². The van der Waals surface area contributed by atoms with Crippen LogP contribution in [-0.2, 0) is 0 Å². The van der Waals surface area contributed by atoms with E-state index >= 15 is 0 Å². The summed E-state index contributed by atoms with van der Waals surface area (Å²) in [4.78, 5) is 13.0. The van der Waals surface area contributed by atoms with Crippen LogP contribution in [-0.4, -0.2) is 41.8 Å². The van der Waals surface area contributed by atoms with Gasteiger partial charge in [0.15, 0.2) is 0 Å². The number of nitrogens with one attached hydrogen (secondary N) is 1. The average molecular weight is 186 g/mol. The molecule has 1 fully saturated rings. The lowest BCUT2D eigenvalue weighted by molar-refractivity contribution is 0.0825. The Morgan fingerprint density at radius 2 is 2.23 bits per heavy atom. The highest BCUT2D eigenvalue weighted by Gasteiger charge is 2.34. The minimum atomic E-state index is -0.0880. The zero-order valence-corrected chi connectivity index (χ0v) is 8.50. The highest BCUT2D eigenvalue weighted by Crippen LogP contribution is 2.24. The summed E-state index contributed by atoms with van der Waals surface area (Å²) in [6, 6.07) is -0.149. The molecule has 0 aromatic carbocycles. The standard InChI is InChI=1S/C9H18N2O2/c1-9(2,3)7(6-12)11-5-4-10-8(11)13/h7,12H,4-6H2,1-3H3,(H,10,13). The Labute approximate surface area is 78.9 Å². The van der Waals surface area contributed by atoms with Crippen molar-refractivity contribution >= 4 is 6.03 Å². The summed E-state index contributed by atoms with van der Waals surface area (Å²) in [6.45, 7) is 7.49. The minimum absolute atomic E-state index is 0.0247. The van der Waals surface area contributed by atoms with Gasteiger partial charge in [0, 0.05) is 13.1 Å². The number of carbonyl (C=O) groups is 1. The molecule has 76 valence electrons. The van der Waals surface area contributed by atoms with Crippen LogP contribution in [0.3, 0.4) is 0 Å². The van der Waals surface area contributed by atoms with Gasteiger partial charge in [0.2, 0.25) is 0 Å². The second kappa shape index (κ2) is 3.54. The molecule has 1 saturated heterocycles. The lowest BCUT2D eigenvalue weighted by Gasteiger charge is -2.35. The van der Waals surface area contributed by atoms with Crippen molar-refractivity contribution in [2.75, 3.05) is 19.7 Å². The molecule has 0 radical (unpaired) electrons. The fourth-order valence-electron chi connectivity index (χ4n) is 1.62. The molecule has 2 amide bonds. The van der Waals surface area contributed by atoms with Crippen molar-refractivity contribution in [3.63, 3.8) is 0 Å². The first-order valence-electron chi connectivity index (χ1n) is 4.62. The molecule has 1 atom stereocenters. The second-order valence-electron chi connectivity index (χ2n) is 4.49. The van der Waals surface area contributed by atoms with E-state index in [1.807, 2.05) is 20.8 Å². The second-order valence-corrected chi connectivity index (χ2v) is 4.49. The summed E-state index contributed by atoms with van der Waals surface area (Å²) in [7, 11) is 0. The number of amides is 2. The van der Waals surface area contributed by atoms with Crippen LogP contribution < -0.4 is 5.32 Å². The molecule has 0 saturated carbocycles. The number of aliphatic hydroxyl groups is 1. The van der Waals surface area contributed by atoms with E-state index in [0.717, 1.165) is 0 Å². The fourth-order valence-corrected chi connectivity index (χ4v) is 1.62. The minimum Gasteiger partial charge on any atom is -0.394 e. The molecule has 1 heterocycles. The summed E-state index contributed by atoms with van der Waals surface area (Å²) in [6.07, 6.45) is 0. The molecule has 0 bridgehead atoms. The van der Waals surface area contributed by atoms with E-state index in [-0.39, 0.29) is 24.1 Å². The molecule has 0 aromatic rings. The van der Waals surface area contributed by atoms with Crippen LogP contribution in [0.1, 0.15) is 20.8 Å². The summed E-state index contributed by atoms with van der Waals surface area (Å²) >= 11 is 0. The maximum absolute atomic E-state index is 11.3. The first-order chi connectivity index (χ1) is 5.96. The van der Waals surface area contributed by atoms with Crippen molar-refractivity contribution in [1.82, 2.24) is 10.2 Å². The first-order valence-corrected chi connectivity index (χ1v) is 4.62. The van der Waals surface area contributed by atoms with Crippen molar-refractivity contribution in [1.29, 1.82) is 0 Å². The molecule has 1 rings (SSSR count). The zero-order chi connectivity index (χ0) is 10.1. The Balaban J connectivity index is 2.71. The monoisotopic (exact) mass is 186 g/mol. The van der Waals surface area contributed by atoms with Crippen LogP contribution in [0.5, 0.6) is 0 Å². The number of hydrogen-bond acceptors (Lipinski definition) is 2. The number of nitrogens with zero attached hydrogens (tertiary/aromatic N) is 1. The Morgan fingerprint density at radius 3 is 2.54 bits per heavy atom. The molecule has 2 N–H and O–H groups in total. The number of urea groups is 1. The van der Waals surface area contributed by atoms with E-state index in [1.165, 1.54) is 0 Å². The molecule has 0 aromatic heterocycles. The molecule has 0 aliphatic carbocycles. The number of carbonyl (C=O) groups excluding carboxylic acids is 1. The van der Waals surface area contributed by atoms with Crippen LogP contribution in [0.15, 0.2) is 0 Å². The largest absolute Gasteiger partial charge is 0.394 e. The summed E-state index contributed by atoms with van der Waals surface area (Å²) in [5.41, 5.74) is -0.0730. The normalized spacial score (nSPS) is 20.3. The highest BCUT2D eigenvalue weighted by molar-refractivity contribution is 5.76. The highest BCUT2D eigenvalue weighted by atomic mass is 16.3. The quantitative estimate of drug-likeness (QED) is 0.656. The lowest BCUT2D eigenvalue weighted by Crippen LogP contribution is -2.48. The Bertz CT molecular complexity index is 198. The van der Waals surface area contributed by atoms with Crippen molar-refractivity contribution in [2.24, 2.45) is 5.41 Å². The Morgan fingerprint density at radius 1 is 1.62 bits per heavy atom. The van der Waals surface area contributed by atoms with E-state index in [2.05, 4.69) is 5.32 Å². The molecular weight excluding hydrogens is 168 g/mol. The van der Waals surface area contributed by atoms with Crippen molar-refractivity contribution in [2.45, 2.75) is 26.8 Å². The van der Waals surface area contributed by atoms with Crippen LogP contribution in [0.4, 0.5) is 4.79 Å². The molecule has 4 nitrogen and oxygen atoms in total. The maximum atomic E-state index is 11.3. The van der Waals surface area contributed by atoms with Gasteiger partial charge in [0.05, 0.1) is 12.6 Å². The molecular formula is C9H18N2O2. The number of rotatable bonds is 2. The van der Waals surface area contributed by atoms with Crippen LogP contribution in [0, 0.1) is 5.41 Å². The maximum Gasteiger partial charge on any atom is 0.317 e. The third-order valence-electron chi connectivity index (χ3n) is 2.44. The third-order valence-corrected chi connectivity index (χ3v) is 2.44. The number of hydrogen-bond donors (Lipinski definition) is 2. The Kier molecular flexibility index (Phi) is 2.81. The molecule has 1 aliphatic rings. The van der Waals surface area contributed by atoms with Gasteiger partial charge in [-0.05, 0) is 5.41 Å². The Hall–Kier alpha value is -0.770. The van der Waals surface area contributed by atoms with Crippen molar-refractivity contribution < 1.29 is 9.90 Å². The van der Waals surface area contributed by atoms with Gasteiger partial charge < -0.3 is 15.3 Å².